The summed E-state index contributed by atoms with van der Waals surface area (Å²) in [5.41, 5.74) is -0.365. The Morgan fingerprint density at radius 2 is 1.63 bits per heavy atom. The van der Waals surface area contributed by atoms with Crippen molar-refractivity contribution in [3.63, 3.8) is 0 Å². The van der Waals surface area contributed by atoms with E-state index in [2.05, 4.69) is 45.8 Å². The predicted octanol–water partition coefficient (Wildman–Crippen LogP) is 8.20. The third-order valence-electron chi connectivity index (χ3n) is 14.4. The minimum Gasteiger partial charge on any atom is -0.339 e. The van der Waals surface area contributed by atoms with Crippen LogP contribution in [-0.2, 0) is 15.0 Å². The molecule has 0 unspecified atom stereocenters. The summed E-state index contributed by atoms with van der Waals surface area (Å²) in [4.78, 5) is 33.3. The molecule has 43 heavy (non-hydrogen) atoms. The van der Waals surface area contributed by atoms with Crippen LogP contribution < -0.4 is 0 Å². The summed E-state index contributed by atoms with van der Waals surface area (Å²) in [6, 6.07) is 2.22. The average molecular weight is 584 g/mol. The van der Waals surface area contributed by atoms with E-state index in [1.165, 1.54) is 12.8 Å². The van der Waals surface area contributed by atoms with E-state index in [1.54, 1.807) is 0 Å². The molecule has 0 N–H and O–H groups in total. The lowest BCUT2D eigenvalue weighted by Crippen LogP contribution is -2.65. The molecule has 0 aromatic carbocycles. The number of carbonyl (C=O) groups excluding carboxylic acids is 2. The van der Waals surface area contributed by atoms with Crippen LogP contribution in [-0.4, -0.2) is 21.7 Å². The lowest BCUT2D eigenvalue weighted by molar-refractivity contribution is -0.161. The van der Waals surface area contributed by atoms with Gasteiger partial charge in [-0.2, -0.15) is 10.2 Å². The Kier molecular flexibility index (Phi) is 6.11. The zero-order valence-electron chi connectivity index (χ0n) is 27.3. The first-order chi connectivity index (χ1) is 20.1. The van der Waals surface area contributed by atoms with Gasteiger partial charge in [-0.25, -0.2) is 0 Å². The smallest absolute Gasteiger partial charge is 0.233 e. The summed E-state index contributed by atoms with van der Waals surface area (Å²) < 4.78 is 6.21. The summed E-state index contributed by atoms with van der Waals surface area (Å²) in [5.74, 6) is 2.29. The Labute approximate surface area is 257 Å². The minimum absolute atomic E-state index is 0.0561. The Balaban J connectivity index is 1.36. The minimum atomic E-state index is -0.651. The van der Waals surface area contributed by atoms with Crippen molar-refractivity contribution in [2.24, 2.45) is 44.8 Å². The first-order valence-electron chi connectivity index (χ1n) is 16.9. The molecule has 7 rings (SSSR count). The topological polar surface area (TPSA) is 96.8 Å². The van der Waals surface area contributed by atoms with Crippen LogP contribution in [0.3, 0.4) is 0 Å². The van der Waals surface area contributed by atoms with Gasteiger partial charge in [0.25, 0.3) is 0 Å². The van der Waals surface area contributed by atoms with Gasteiger partial charge in [-0.15, -0.1) is 0 Å². The van der Waals surface area contributed by atoms with Crippen molar-refractivity contribution in [2.75, 3.05) is 0 Å². The summed E-state index contributed by atoms with van der Waals surface area (Å²) in [6.07, 6.45) is 15.4. The first-order valence-corrected chi connectivity index (χ1v) is 16.9. The maximum Gasteiger partial charge on any atom is 0.233 e. The lowest BCUT2D eigenvalue weighted by atomic mass is 9.34. The molecule has 0 radical (unpaired) electrons. The number of hydrogen-bond donors (Lipinski definition) is 0. The highest BCUT2D eigenvalue weighted by Gasteiger charge is 2.70. The molecule has 4 saturated carbocycles. The van der Waals surface area contributed by atoms with Crippen molar-refractivity contribution < 1.29 is 14.1 Å². The van der Waals surface area contributed by atoms with Crippen LogP contribution in [0, 0.1) is 56.2 Å². The number of rotatable bonds is 2. The number of Topliss-reactive ketones (excluding diaryl/α,β-unsaturated/α-hetero) is 1. The summed E-state index contributed by atoms with van der Waals surface area (Å²) in [7, 11) is 0. The molecular formula is C37H49N3O3. The Hall–Kier alpha value is -2.55. The highest BCUT2D eigenvalue weighted by Crippen LogP contribution is 2.74. The normalized spacial score (nSPS) is 43.4. The number of aromatic nitrogens is 2. The molecule has 230 valence electrons. The van der Waals surface area contributed by atoms with Gasteiger partial charge in [-0.05, 0) is 91.9 Å². The highest BCUT2D eigenvalue weighted by molar-refractivity contribution is 6.04. The molecule has 7 atom stereocenters. The number of ketones is 2. The zero-order valence-corrected chi connectivity index (χ0v) is 27.3. The van der Waals surface area contributed by atoms with E-state index in [0.717, 1.165) is 75.1 Å². The molecule has 0 spiro atoms. The highest BCUT2D eigenvalue weighted by atomic mass is 16.5. The number of nitriles is 1. The molecule has 0 bridgehead atoms. The molecule has 1 heterocycles. The van der Waals surface area contributed by atoms with Crippen molar-refractivity contribution in [3.05, 3.63) is 35.0 Å². The first kappa shape index (κ1) is 29.2. The van der Waals surface area contributed by atoms with E-state index in [1.807, 2.05) is 26.0 Å². The van der Waals surface area contributed by atoms with Crippen molar-refractivity contribution in [2.45, 2.75) is 130 Å². The van der Waals surface area contributed by atoms with E-state index in [0.29, 0.717) is 5.92 Å². The van der Waals surface area contributed by atoms with Crippen LogP contribution in [0.5, 0.6) is 0 Å². The van der Waals surface area contributed by atoms with Gasteiger partial charge in [0.05, 0.1) is 11.0 Å². The largest absolute Gasteiger partial charge is 0.339 e. The predicted molar refractivity (Wildman–Crippen MR) is 164 cm³/mol. The van der Waals surface area contributed by atoms with Crippen molar-refractivity contribution in [1.29, 1.82) is 5.26 Å². The van der Waals surface area contributed by atoms with Crippen molar-refractivity contribution in [3.8, 4) is 6.07 Å². The average Bonchev–Trinajstić information content (AvgIpc) is 3.65. The number of fused-ring (bicyclic) bond motifs is 7. The zero-order chi connectivity index (χ0) is 30.8. The summed E-state index contributed by atoms with van der Waals surface area (Å²) >= 11 is 0. The second kappa shape index (κ2) is 9.01. The molecule has 6 heteroatoms. The van der Waals surface area contributed by atoms with Crippen LogP contribution in [0.15, 0.2) is 27.8 Å². The van der Waals surface area contributed by atoms with Gasteiger partial charge < -0.3 is 4.52 Å². The van der Waals surface area contributed by atoms with Crippen LogP contribution in [0.1, 0.15) is 137 Å². The van der Waals surface area contributed by atoms with Gasteiger partial charge in [0.2, 0.25) is 5.89 Å². The van der Waals surface area contributed by atoms with E-state index in [-0.39, 0.29) is 56.6 Å². The van der Waals surface area contributed by atoms with Crippen LogP contribution in [0.25, 0.3) is 0 Å². The van der Waals surface area contributed by atoms with Crippen LogP contribution in [0.2, 0.25) is 0 Å². The third-order valence-corrected chi connectivity index (χ3v) is 14.4. The molecule has 6 aliphatic rings. The van der Waals surface area contributed by atoms with Crippen molar-refractivity contribution >= 4 is 11.6 Å². The third kappa shape index (κ3) is 3.69. The van der Waals surface area contributed by atoms with E-state index in [9.17, 15) is 14.9 Å². The van der Waals surface area contributed by atoms with Crippen LogP contribution >= 0.6 is 0 Å². The van der Waals surface area contributed by atoms with Crippen molar-refractivity contribution in [1.82, 2.24) is 10.1 Å². The molecule has 6 aliphatic carbocycles. The molecule has 4 fully saturated rings. The van der Waals surface area contributed by atoms with Gasteiger partial charge >= 0.3 is 0 Å². The Bertz CT molecular complexity index is 1500. The van der Waals surface area contributed by atoms with Crippen LogP contribution in [0.4, 0.5) is 0 Å². The summed E-state index contributed by atoms with van der Waals surface area (Å²) in [6.45, 7) is 15.7. The van der Waals surface area contributed by atoms with E-state index >= 15 is 0 Å². The van der Waals surface area contributed by atoms with E-state index < -0.39 is 10.8 Å². The second-order valence-corrected chi connectivity index (χ2v) is 17.4. The molecular weight excluding hydrogens is 534 g/mol. The van der Waals surface area contributed by atoms with Gasteiger partial charge in [-0.3, -0.25) is 9.59 Å². The fraction of sp³-hybridized carbons (Fsp3) is 0.757. The molecule has 0 aliphatic heterocycles. The number of carbonyl (C=O) groups is 2. The molecule has 1 aromatic rings. The molecule has 0 amide bonds. The van der Waals surface area contributed by atoms with Gasteiger partial charge in [-0.1, -0.05) is 78.1 Å². The standard InChI is InChI=1S/C37H49N3O3/c1-32(2)14-16-37(31-39-30(40-43-31)22-10-8-9-11-22)17-15-36(7)28(24(37)20-32)25(41)18-27-34(5)19-23(21-38)29(42)33(3,4)26(34)12-13-35(27,36)6/h18-19,22,24,26,28H,8-17,20H2,1-7H3/t24-,26-,28-,34-,35+,36+,37-/m0/s1. The Morgan fingerprint density at radius 3 is 2.33 bits per heavy atom. The van der Waals surface area contributed by atoms with Gasteiger partial charge in [0.1, 0.15) is 6.07 Å². The number of nitrogens with zero attached hydrogens (tertiary/aromatic N) is 3. The monoisotopic (exact) mass is 583 g/mol. The summed E-state index contributed by atoms with van der Waals surface area (Å²) in [5, 5.41) is 14.6. The quantitative estimate of drug-likeness (QED) is 0.348. The van der Waals surface area contributed by atoms with E-state index in [4.69, 9.17) is 9.51 Å². The fourth-order valence-electron chi connectivity index (χ4n) is 11.8. The maximum atomic E-state index is 14.8. The maximum absolute atomic E-state index is 14.8. The number of hydrogen-bond acceptors (Lipinski definition) is 6. The second-order valence-electron chi connectivity index (χ2n) is 17.4. The number of allylic oxidation sites excluding steroid dienone is 4. The SMILES string of the molecule is CC1(C)CC[C@]2(c3nc(C4CCCC4)no3)CC[C@]3(C)[C@H](C(=O)C=C4[C@@]5(C)C=C(C#N)C(=O)C(C)(C)[C@@H]5CC[C@]43C)[C@@H]2C1. The molecule has 0 saturated heterocycles. The molecule has 1 aromatic heterocycles. The van der Waals surface area contributed by atoms with Gasteiger partial charge in [0, 0.05) is 22.7 Å². The lowest BCUT2D eigenvalue weighted by Gasteiger charge is -2.68. The van der Waals surface area contributed by atoms with Gasteiger partial charge in [0.15, 0.2) is 17.4 Å². The molecule has 6 nitrogen and oxygen atoms in total. The fourth-order valence-corrected chi connectivity index (χ4v) is 11.8. The Morgan fingerprint density at radius 1 is 0.930 bits per heavy atom.